The summed E-state index contributed by atoms with van der Waals surface area (Å²) in [6.07, 6.45) is -0.820. The van der Waals surface area contributed by atoms with Gasteiger partial charge in [0, 0.05) is 39.0 Å². The van der Waals surface area contributed by atoms with Crippen LogP contribution in [-0.2, 0) is 52.4 Å². The molecule has 260 valence electrons. The van der Waals surface area contributed by atoms with Crippen LogP contribution in [0.1, 0.15) is 78.6 Å². The van der Waals surface area contributed by atoms with Gasteiger partial charge in [-0.1, -0.05) is 38.1 Å². The number of benzene rings is 1. The summed E-state index contributed by atoms with van der Waals surface area (Å²) in [6, 6.07) is 8.22. The Balaban J connectivity index is 1.87. The minimum atomic E-state index is -1.82. The molecule has 4 aliphatic rings. The molecular weight excluding hydrogens is 624 g/mol. The van der Waals surface area contributed by atoms with Gasteiger partial charge < -0.3 is 28.4 Å². The molecule has 1 aliphatic heterocycles. The Labute approximate surface area is 279 Å². The third-order valence-corrected chi connectivity index (χ3v) is 10.6. The van der Waals surface area contributed by atoms with Crippen molar-refractivity contribution >= 4 is 35.6 Å². The third kappa shape index (κ3) is 5.51. The van der Waals surface area contributed by atoms with Crippen molar-refractivity contribution in [3.63, 3.8) is 0 Å². The lowest BCUT2D eigenvalue weighted by Gasteiger charge is -2.50. The predicted octanol–water partition coefficient (Wildman–Crippen LogP) is 3.93. The molecule has 1 aromatic rings. The topological polar surface area (TPSA) is 158 Å². The minimum absolute atomic E-state index is 0.00475. The first-order valence-corrected chi connectivity index (χ1v) is 16.3. The van der Waals surface area contributed by atoms with Crippen molar-refractivity contribution in [2.75, 3.05) is 6.61 Å². The molecule has 1 aromatic carbocycles. The molecule has 0 radical (unpaired) electrons. The lowest BCUT2D eigenvalue weighted by atomic mass is 9.54. The molecule has 0 amide bonds. The fourth-order valence-electron chi connectivity index (χ4n) is 9.12. The number of ketones is 1. The van der Waals surface area contributed by atoms with E-state index < -0.39 is 99.8 Å². The van der Waals surface area contributed by atoms with Gasteiger partial charge >= 0.3 is 29.8 Å². The maximum absolute atomic E-state index is 14.5. The Bertz CT molecular complexity index is 1530. The molecule has 0 spiro atoms. The minimum Gasteiger partial charge on any atom is -0.461 e. The number of carbonyl (C=O) groups excluding carboxylic acids is 6. The summed E-state index contributed by atoms with van der Waals surface area (Å²) in [4.78, 5) is 80.1. The monoisotopic (exact) mass is 668 g/mol. The summed E-state index contributed by atoms with van der Waals surface area (Å²) in [5.74, 6) is -7.21. The number of allylic oxidation sites excluding steroid dienone is 1. The van der Waals surface area contributed by atoms with E-state index in [2.05, 4.69) is 0 Å². The quantitative estimate of drug-likeness (QED) is 0.291. The molecule has 5 rings (SSSR count). The van der Waals surface area contributed by atoms with Crippen molar-refractivity contribution in [2.45, 2.75) is 103 Å². The summed E-state index contributed by atoms with van der Waals surface area (Å²) < 4.78 is 37.5. The maximum atomic E-state index is 14.5. The molecule has 10 atom stereocenters. The van der Waals surface area contributed by atoms with E-state index in [-0.39, 0.29) is 25.0 Å². The number of hydrogen-bond acceptors (Lipinski definition) is 12. The average molecular weight is 669 g/mol. The SMILES string of the molecule is CCC(=O)O[C@@H]1[C@@H]2[C@@H](OC(C)=O)[C@]34CO[C@](C)([C@H](OC(=O)c5ccccc5)[C@@]2(OC(C)=O)C[C@@H]1C)[C@@H]3[C@@H](C(C)(C)OC(C)=O)C=CC4=O. The summed E-state index contributed by atoms with van der Waals surface area (Å²) >= 11 is 0. The zero-order valence-electron chi connectivity index (χ0n) is 28.6. The highest BCUT2D eigenvalue weighted by Crippen LogP contribution is 2.68. The van der Waals surface area contributed by atoms with E-state index in [4.69, 9.17) is 28.4 Å². The van der Waals surface area contributed by atoms with Gasteiger partial charge in [-0.2, -0.15) is 0 Å². The first-order valence-electron chi connectivity index (χ1n) is 16.3. The van der Waals surface area contributed by atoms with E-state index in [0.29, 0.717) is 0 Å². The van der Waals surface area contributed by atoms with E-state index in [0.717, 1.165) is 0 Å². The summed E-state index contributed by atoms with van der Waals surface area (Å²) in [6.45, 7) is 11.9. The average Bonchev–Trinajstić information content (AvgIpc) is 3.44. The van der Waals surface area contributed by atoms with Crippen LogP contribution in [0.5, 0.6) is 0 Å². The summed E-state index contributed by atoms with van der Waals surface area (Å²) in [5.41, 5.74) is -6.14. The van der Waals surface area contributed by atoms with Crippen LogP contribution in [-0.4, -0.2) is 77.4 Å². The zero-order chi connectivity index (χ0) is 35.4. The molecule has 0 unspecified atom stereocenters. The molecule has 0 aromatic heterocycles. The molecule has 2 saturated carbocycles. The highest BCUT2D eigenvalue weighted by atomic mass is 16.6. The van der Waals surface area contributed by atoms with E-state index >= 15 is 0 Å². The lowest BCUT2D eigenvalue weighted by molar-refractivity contribution is -0.235. The number of fused-ring (bicyclic) bond motifs is 1. The number of hydrogen-bond donors (Lipinski definition) is 0. The Morgan fingerprint density at radius 1 is 0.958 bits per heavy atom. The van der Waals surface area contributed by atoms with E-state index in [1.165, 1.54) is 26.8 Å². The van der Waals surface area contributed by atoms with Crippen molar-refractivity contribution in [1.29, 1.82) is 0 Å². The fraction of sp³-hybridized carbons (Fsp3) is 0.611. The van der Waals surface area contributed by atoms with Crippen LogP contribution in [0.15, 0.2) is 42.5 Å². The van der Waals surface area contributed by atoms with Gasteiger partial charge in [-0.05, 0) is 51.3 Å². The molecule has 1 saturated heterocycles. The highest BCUT2D eigenvalue weighted by molar-refractivity contribution is 5.98. The van der Waals surface area contributed by atoms with Gasteiger partial charge in [-0.25, -0.2) is 4.79 Å². The molecule has 3 aliphatic carbocycles. The van der Waals surface area contributed by atoms with E-state index in [1.54, 1.807) is 71.0 Å². The van der Waals surface area contributed by atoms with Gasteiger partial charge in [0.15, 0.2) is 17.5 Å². The number of ether oxygens (including phenoxy) is 6. The standard InChI is InChI=1S/C36H44O12/c1-9-26(41)45-28-19(2)17-36(48-22(5)39)27(28)30(44-20(3)37)35-18-43-34(8,32(36)46-31(42)23-13-11-10-12-14-23)29(35)24(15-16-25(35)40)33(6,7)47-21(4)38/h10-16,19,24,27-30,32H,9,17-18H2,1-8H3/t19-,24-,27+,28-,29-,30+,32-,34-,35-,36+/m0/s1. The smallest absolute Gasteiger partial charge is 0.338 e. The van der Waals surface area contributed by atoms with Gasteiger partial charge in [-0.3, -0.25) is 24.0 Å². The molecule has 12 nitrogen and oxygen atoms in total. The van der Waals surface area contributed by atoms with Crippen LogP contribution >= 0.6 is 0 Å². The van der Waals surface area contributed by atoms with Gasteiger partial charge in [0.25, 0.3) is 0 Å². The van der Waals surface area contributed by atoms with Crippen LogP contribution in [0.2, 0.25) is 0 Å². The van der Waals surface area contributed by atoms with Crippen molar-refractivity contribution in [3.8, 4) is 0 Å². The molecule has 12 heteroatoms. The van der Waals surface area contributed by atoms with Gasteiger partial charge in [0.1, 0.15) is 28.8 Å². The van der Waals surface area contributed by atoms with Crippen LogP contribution < -0.4 is 0 Å². The van der Waals surface area contributed by atoms with E-state index in [1.807, 2.05) is 0 Å². The van der Waals surface area contributed by atoms with Gasteiger partial charge in [0.2, 0.25) is 0 Å². The van der Waals surface area contributed by atoms with Crippen molar-refractivity contribution in [3.05, 3.63) is 48.0 Å². The van der Waals surface area contributed by atoms with Crippen LogP contribution in [0, 0.1) is 29.1 Å². The molecular formula is C36H44O12. The summed E-state index contributed by atoms with van der Waals surface area (Å²) in [5, 5.41) is 0. The van der Waals surface area contributed by atoms with Crippen molar-refractivity contribution in [2.24, 2.45) is 29.1 Å². The maximum Gasteiger partial charge on any atom is 0.338 e. The molecule has 2 bridgehead atoms. The number of esters is 5. The first kappa shape index (κ1) is 35.3. The van der Waals surface area contributed by atoms with Gasteiger partial charge in [0.05, 0.1) is 18.1 Å². The Kier molecular flexibility index (Phi) is 9.13. The van der Waals surface area contributed by atoms with Gasteiger partial charge in [-0.15, -0.1) is 0 Å². The third-order valence-electron chi connectivity index (χ3n) is 10.6. The van der Waals surface area contributed by atoms with Crippen LogP contribution in [0.25, 0.3) is 0 Å². The number of rotatable bonds is 8. The molecule has 0 N–H and O–H groups in total. The van der Waals surface area contributed by atoms with Crippen molar-refractivity contribution in [1.82, 2.24) is 0 Å². The number of carbonyl (C=O) groups is 6. The fourth-order valence-corrected chi connectivity index (χ4v) is 9.12. The second-order valence-corrected chi connectivity index (χ2v) is 14.2. The highest BCUT2D eigenvalue weighted by Gasteiger charge is 2.82. The Morgan fingerprint density at radius 2 is 1.62 bits per heavy atom. The first-order chi connectivity index (χ1) is 22.4. The largest absolute Gasteiger partial charge is 0.461 e. The normalized spacial score (nSPS) is 36.6. The van der Waals surface area contributed by atoms with E-state index in [9.17, 15) is 28.8 Å². The van der Waals surface area contributed by atoms with Crippen molar-refractivity contribution < 1.29 is 57.2 Å². The lowest BCUT2D eigenvalue weighted by Crippen LogP contribution is -2.64. The zero-order valence-corrected chi connectivity index (χ0v) is 28.6. The predicted molar refractivity (Wildman–Crippen MR) is 167 cm³/mol. The second kappa shape index (κ2) is 12.4. The molecule has 3 fully saturated rings. The van der Waals surface area contributed by atoms with Crippen LogP contribution in [0.4, 0.5) is 0 Å². The Morgan fingerprint density at radius 3 is 2.21 bits per heavy atom. The second-order valence-electron chi connectivity index (χ2n) is 14.2. The summed E-state index contributed by atoms with van der Waals surface area (Å²) in [7, 11) is 0. The Hall–Kier alpha value is -4.06. The van der Waals surface area contributed by atoms with Crippen LogP contribution in [0.3, 0.4) is 0 Å². The molecule has 1 heterocycles. The molecule has 48 heavy (non-hydrogen) atoms.